The lowest BCUT2D eigenvalue weighted by molar-refractivity contribution is -0.0476. The smallest absolute Gasteiger partial charge is 0.202 e. The van der Waals surface area contributed by atoms with Gasteiger partial charge in [0.1, 0.15) is 0 Å². The van der Waals surface area contributed by atoms with Crippen LogP contribution in [0.25, 0.3) is 0 Å². The van der Waals surface area contributed by atoms with Crippen molar-refractivity contribution in [2.75, 3.05) is 18.5 Å². The van der Waals surface area contributed by atoms with Gasteiger partial charge in [-0.15, -0.1) is 7.92 Å². The van der Waals surface area contributed by atoms with Gasteiger partial charge in [-0.25, -0.2) is 16.8 Å². The van der Waals surface area contributed by atoms with E-state index in [1.54, 1.807) is 0 Å². The second-order valence-corrected chi connectivity index (χ2v) is 13.4. The molecular formula is C14H28F6NO4PS2. The van der Waals surface area contributed by atoms with Crippen LogP contribution in [-0.2, 0) is 20.0 Å². The zero-order valence-electron chi connectivity index (χ0n) is 16.5. The standard InChI is InChI=1S/C12H27P.C2HF6NO4S2/c1-10(2)7-13(8-11(3)4)9-12(5)6;3-1(4,5)14(10,11)9-15(12,13)2(6,7)8/h10-12H,7-9H2,1-6H3;9H. The number of alkyl halides is 6. The number of hydrogen-bond donors (Lipinski definition) is 1. The van der Waals surface area contributed by atoms with Crippen LogP contribution in [0.3, 0.4) is 0 Å². The van der Waals surface area contributed by atoms with Gasteiger partial charge in [-0.2, -0.15) is 26.3 Å². The summed E-state index contributed by atoms with van der Waals surface area (Å²) in [6, 6.07) is 0. The first-order chi connectivity index (χ1) is 12.1. The van der Waals surface area contributed by atoms with Crippen molar-refractivity contribution in [3.8, 4) is 0 Å². The Kier molecular flexibility index (Phi) is 12.1. The first kappa shape index (κ1) is 30.1. The van der Waals surface area contributed by atoms with Crippen molar-refractivity contribution in [3.63, 3.8) is 0 Å². The Morgan fingerprint density at radius 2 is 0.857 bits per heavy atom. The summed E-state index contributed by atoms with van der Waals surface area (Å²) in [6.45, 7) is 14.1. The van der Waals surface area contributed by atoms with Gasteiger partial charge in [-0.1, -0.05) is 45.7 Å². The van der Waals surface area contributed by atoms with Crippen LogP contribution in [0.15, 0.2) is 0 Å². The third-order valence-electron chi connectivity index (χ3n) is 2.70. The van der Waals surface area contributed by atoms with Gasteiger partial charge in [0, 0.05) is 0 Å². The fourth-order valence-corrected chi connectivity index (χ4v) is 7.47. The Morgan fingerprint density at radius 1 is 0.643 bits per heavy atom. The topological polar surface area (TPSA) is 80.3 Å². The van der Waals surface area contributed by atoms with E-state index in [1.807, 2.05) is 0 Å². The van der Waals surface area contributed by atoms with E-state index in [2.05, 4.69) is 41.5 Å². The third-order valence-corrected chi connectivity index (χ3v) is 9.41. The molecule has 0 rings (SSSR count). The van der Waals surface area contributed by atoms with Crippen LogP contribution < -0.4 is 4.13 Å². The zero-order valence-corrected chi connectivity index (χ0v) is 19.0. The van der Waals surface area contributed by atoms with Gasteiger partial charge in [-0.05, 0) is 36.2 Å². The Labute approximate surface area is 164 Å². The van der Waals surface area contributed by atoms with Crippen molar-refractivity contribution in [1.82, 2.24) is 4.13 Å². The fourth-order valence-electron chi connectivity index (χ4n) is 2.01. The monoisotopic (exact) mass is 483 g/mol. The van der Waals surface area contributed by atoms with Crippen molar-refractivity contribution < 1.29 is 43.2 Å². The van der Waals surface area contributed by atoms with Gasteiger partial charge < -0.3 is 0 Å². The molecule has 1 N–H and O–H groups in total. The molecule has 0 heterocycles. The highest BCUT2D eigenvalue weighted by atomic mass is 32.3. The quantitative estimate of drug-likeness (QED) is 0.401. The normalized spacial score (nSPS) is 14.0. The van der Waals surface area contributed by atoms with Crippen LogP contribution in [0.2, 0.25) is 0 Å². The molecule has 0 atom stereocenters. The van der Waals surface area contributed by atoms with Crippen molar-refractivity contribution in [3.05, 3.63) is 0 Å². The summed E-state index contributed by atoms with van der Waals surface area (Å²) in [5.74, 6) is 2.68. The lowest BCUT2D eigenvalue weighted by Gasteiger charge is -2.23. The summed E-state index contributed by atoms with van der Waals surface area (Å²) in [5.41, 5.74) is -12.3. The lowest BCUT2D eigenvalue weighted by Crippen LogP contribution is -2.45. The Morgan fingerprint density at radius 3 is 1.00 bits per heavy atom. The van der Waals surface area contributed by atoms with Gasteiger partial charge in [0.15, 0.2) is 0 Å². The molecule has 0 fully saturated rings. The van der Waals surface area contributed by atoms with Crippen LogP contribution in [0.1, 0.15) is 41.5 Å². The molecule has 0 saturated heterocycles. The van der Waals surface area contributed by atoms with Gasteiger partial charge in [-0.3, -0.25) is 0 Å². The van der Waals surface area contributed by atoms with E-state index in [0.717, 1.165) is 17.8 Å². The molecular weight excluding hydrogens is 455 g/mol. The predicted molar refractivity (Wildman–Crippen MR) is 99.1 cm³/mol. The Hall–Kier alpha value is -0.130. The molecule has 0 aliphatic rings. The molecule has 172 valence electrons. The second-order valence-electron chi connectivity index (χ2n) is 7.38. The zero-order chi connectivity index (χ0) is 23.1. The summed E-state index contributed by atoms with van der Waals surface area (Å²) in [4.78, 5) is 0. The highest BCUT2D eigenvalue weighted by Crippen LogP contribution is 2.41. The SMILES string of the molecule is CC(C)CP(CC(C)C)CC(C)C.O=S(=O)(NS(=O)(=O)C(F)(F)F)C(F)(F)F. The number of hydrogen-bond acceptors (Lipinski definition) is 4. The summed E-state index contributed by atoms with van der Waals surface area (Å²) in [7, 11) is -12.9. The third kappa shape index (κ3) is 12.4. The molecule has 0 aliphatic heterocycles. The lowest BCUT2D eigenvalue weighted by atomic mass is 10.3. The summed E-state index contributed by atoms with van der Waals surface area (Å²) >= 11 is 0. The predicted octanol–water partition coefficient (Wildman–Crippen LogP) is 4.71. The fraction of sp³-hybridized carbons (Fsp3) is 1.00. The van der Waals surface area contributed by atoms with E-state index in [4.69, 9.17) is 0 Å². The van der Waals surface area contributed by atoms with E-state index in [1.165, 1.54) is 18.5 Å². The Bertz CT molecular complexity index is 593. The number of halogens is 6. The molecule has 0 unspecified atom stereocenters. The highest BCUT2D eigenvalue weighted by Gasteiger charge is 2.55. The minimum Gasteiger partial charge on any atom is -0.202 e. The molecule has 28 heavy (non-hydrogen) atoms. The minimum absolute atomic E-state index is 0.321. The number of sulfonamides is 2. The first-order valence-corrected chi connectivity index (χ1v) is 13.1. The van der Waals surface area contributed by atoms with Crippen LogP contribution >= 0.6 is 7.92 Å². The average Bonchev–Trinajstić information content (AvgIpc) is 2.32. The molecule has 0 aliphatic carbocycles. The van der Waals surface area contributed by atoms with Gasteiger partial charge in [0.2, 0.25) is 0 Å². The van der Waals surface area contributed by atoms with Crippen molar-refractivity contribution in [1.29, 1.82) is 0 Å². The summed E-state index contributed by atoms with van der Waals surface area (Å²) < 4.78 is 108. The highest BCUT2D eigenvalue weighted by molar-refractivity contribution is 8.05. The molecule has 0 amide bonds. The van der Waals surface area contributed by atoms with E-state index in [0.29, 0.717) is 7.92 Å². The van der Waals surface area contributed by atoms with Crippen molar-refractivity contribution in [2.45, 2.75) is 52.6 Å². The molecule has 0 bridgehead atoms. The van der Waals surface area contributed by atoms with Gasteiger partial charge >= 0.3 is 31.1 Å². The van der Waals surface area contributed by atoms with Crippen LogP contribution in [-0.4, -0.2) is 46.3 Å². The number of nitrogens with one attached hydrogen (secondary N) is 1. The molecule has 0 spiro atoms. The van der Waals surface area contributed by atoms with E-state index in [-0.39, 0.29) is 0 Å². The maximum Gasteiger partial charge on any atom is 0.512 e. The minimum atomic E-state index is -6.60. The van der Waals surface area contributed by atoms with Gasteiger partial charge in [0.05, 0.1) is 0 Å². The first-order valence-electron chi connectivity index (χ1n) is 8.25. The molecule has 0 aromatic rings. The van der Waals surface area contributed by atoms with Crippen molar-refractivity contribution >= 4 is 28.0 Å². The largest absolute Gasteiger partial charge is 0.512 e. The van der Waals surface area contributed by atoms with Crippen LogP contribution in [0, 0.1) is 17.8 Å². The molecule has 14 heteroatoms. The van der Waals surface area contributed by atoms with E-state index < -0.39 is 35.2 Å². The number of rotatable bonds is 8. The van der Waals surface area contributed by atoms with Crippen LogP contribution in [0.4, 0.5) is 26.3 Å². The average molecular weight is 483 g/mol. The molecule has 0 aromatic carbocycles. The Balaban J connectivity index is 0. The van der Waals surface area contributed by atoms with Gasteiger partial charge in [0.25, 0.3) is 0 Å². The summed E-state index contributed by atoms with van der Waals surface area (Å²) in [5, 5.41) is 0. The summed E-state index contributed by atoms with van der Waals surface area (Å²) in [6.07, 6.45) is 4.43. The molecule has 0 aromatic heterocycles. The van der Waals surface area contributed by atoms with E-state index >= 15 is 0 Å². The molecule has 0 saturated carbocycles. The van der Waals surface area contributed by atoms with Crippen molar-refractivity contribution in [2.24, 2.45) is 17.8 Å². The molecule has 5 nitrogen and oxygen atoms in total. The maximum atomic E-state index is 11.5. The molecule has 0 radical (unpaired) electrons. The second kappa shape index (κ2) is 11.3. The maximum absolute atomic E-state index is 11.5. The van der Waals surface area contributed by atoms with E-state index in [9.17, 15) is 43.2 Å². The van der Waals surface area contributed by atoms with Crippen LogP contribution in [0.5, 0.6) is 0 Å².